The van der Waals surface area contributed by atoms with E-state index >= 15 is 0 Å². The first-order valence-corrected chi connectivity index (χ1v) is 10.7. The number of carbonyl (C=O) groups is 1. The van der Waals surface area contributed by atoms with Crippen molar-refractivity contribution >= 4 is 23.2 Å². The molecule has 1 heterocycles. The summed E-state index contributed by atoms with van der Waals surface area (Å²) in [6, 6.07) is 4.63. The minimum atomic E-state index is 0.00880. The normalized spacial score (nSPS) is 16.3. The van der Waals surface area contributed by atoms with Gasteiger partial charge in [0.1, 0.15) is 0 Å². The van der Waals surface area contributed by atoms with Gasteiger partial charge in [0.2, 0.25) is 5.91 Å². The van der Waals surface area contributed by atoms with E-state index in [1.165, 1.54) is 24.1 Å². The van der Waals surface area contributed by atoms with Gasteiger partial charge in [-0.1, -0.05) is 39.2 Å². The first-order chi connectivity index (χ1) is 12.5. The van der Waals surface area contributed by atoms with Gasteiger partial charge in [-0.2, -0.15) is 0 Å². The topological polar surface area (TPSA) is 65.5 Å². The first-order valence-electron chi connectivity index (χ1n) is 9.87. The van der Waals surface area contributed by atoms with Crippen molar-refractivity contribution in [2.75, 3.05) is 19.6 Å². The van der Waals surface area contributed by atoms with E-state index in [9.17, 15) is 4.79 Å². The number of rotatable bonds is 8. The molecule has 1 aromatic rings. The summed E-state index contributed by atoms with van der Waals surface area (Å²) < 4.78 is 0. The van der Waals surface area contributed by atoms with Crippen LogP contribution in [-0.4, -0.2) is 37.5 Å². The second kappa shape index (κ2) is 10.6. The number of aliphatic imine (C=N–C) groups is 1. The van der Waals surface area contributed by atoms with Gasteiger partial charge in [0.05, 0.1) is 6.54 Å². The predicted octanol–water partition coefficient (Wildman–Crippen LogP) is 3.42. The van der Waals surface area contributed by atoms with E-state index in [2.05, 4.69) is 54.2 Å². The molecule has 146 valence electrons. The molecular formula is C20H34N4OS. The van der Waals surface area contributed by atoms with Crippen LogP contribution in [-0.2, 0) is 10.2 Å². The van der Waals surface area contributed by atoms with Crippen LogP contribution in [0, 0.1) is 0 Å². The van der Waals surface area contributed by atoms with Crippen LogP contribution in [0.15, 0.2) is 22.5 Å². The van der Waals surface area contributed by atoms with Crippen molar-refractivity contribution in [3.63, 3.8) is 0 Å². The molecule has 0 atom stereocenters. The summed E-state index contributed by atoms with van der Waals surface area (Å²) in [7, 11) is 0. The van der Waals surface area contributed by atoms with Crippen molar-refractivity contribution in [1.82, 2.24) is 16.0 Å². The fourth-order valence-corrected chi connectivity index (χ4v) is 4.05. The van der Waals surface area contributed by atoms with E-state index in [0.717, 1.165) is 25.3 Å². The van der Waals surface area contributed by atoms with Gasteiger partial charge in [0, 0.05) is 35.8 Å². The van der Waals surface area contributed by atoms with Crippen molar-refractivity contribution < 1.29 is 4.79 Å². The highest BCUT2D eigenvalue weighted by Crippen LogP contribution is 2.27. The molecule has 1 saturated carbocycles. The third-order valence-corrected chi connectivity index (χ3v) is 6.02. The number of amides is 1. The molecule has 1 amide bonds. The number of carbonyl (C=O) groups excluding carboxylic acids is 1. The van der Waals surface area contributed by atoms with E-state index in [-0.39, 0.29) is 11.3 Å². The maximum Gasteiger partial charge on any atom is 0.221 e. The Morgan fingerprint density at radius 1 is 1.27 bits per heavy atom. The SMILES string of the molecule is CCNC(=NCC(C)(C)c1cccs1)NCCC(=O)NC1CCCCC1. The van der Waals surface area contributed by atoms with E-state index in [4.69, 9.17) is 4.99 Å². The second-order valence-corrected chi connectivity index (χ2v) is 8.58. The van der Waals surface area contributed by atoms with Gasteiger partial charge in [-0.25, -0.2) is 0 Å². The monoisotopic (exact) mass is 378 g/mol. The zero-order valence-electron chi connectivity index (χ0n) is 16.4. The van der Waals surface area contributed by atoms with Crippen LogP contribution in [0.25, 0.3) is 0 Å². The summed E-state index contributed by atoms with van der Waals surface area (Å²) in [5, 5.41) is 11.8. The van der Waals surface area contributed by atoms with Crippen molar-refractivity contribution in [1.29, 1.82) is 0 Å². The molecule has 0 spiro atoms. The van der Waals surface area contributed by atoms with Gasteiger partial charge in [-0.05, 0) is 31.2 Å². The minimum absolute atomic E-state index is 0.00880. The van der Waals surface area contributed by atoms with Crippen molar-refractivity contribution in [2.24, 2.45) is 4.99 Å². The van der Waals surface area contributed by atoms with Gasteiger partial charge >= 0.3 is 0 Å². The van der Waals surface area contributed by atoms with Crippen molar-refractivity contribution in [2.45, 2.75) is 70.8 Å². The third kappa shape index (κ3) is 6.98. The number of nitrogens with zero attached hydrogens (tertiary/aromatic N) is 1. The zero-order chi connectivity index (χ0) is 18.8. The van der Waals surface area contributed by atoms with Gasteiger partial charge < -0.3 is 16.0 Å². The Balaban J connectivity index is 1.77. The summed E-state index contributed by atoms with van der Waals surface area (Å²) >= 11 is 1.77. The van der Waals surface area contributed by atoms with Crippen LogP contribution >= 0.6 is 11.3 Å². The number of thiophene rings is 1. The summed E-state index contributed by atoms with van der Waals surface area (Å²) in [5.74, 6) is 0.918. The smallest absolute Gasteiger partial charge is 0.221 e. The number of nitrogens with one attached hydrogen (secondary N) is 3. The molecule has 1 fully saturated rings. The predicted molar refractivity (Wildman–Crippen MR) is 111 cm³/mol. The highest BCUT2D eigenvalue weighted by molar-refractivity contribution is 7.10. The molecule has 0 unspecified atom stereocenters. The second-order valence-electron chi connectivity index (χ2n) is 7.64. The maximum atomic E-state index is 12.1. The Hall–Kier alpha value is -1.56. The summed E-state index contributed by atoms with van der Waals surface area (Å²) in [6.45, 7) is 8.59. The van der Waals surface area contributed by atoms with Crippen LogP contribution in [0.1, 0.15) is 64.2 Å². The minimum Gasteiger partial charge on any atom is -0.357 e. The largest absolute Gasteiger partial charge is 0.357 e. The Labute approximate surface area is 162 Å². The summed E-state index contributed by atoms with van der Waals surface area (Å²) in [6.07, 6.45) is 6.51. The molecule has 6 heteroatoms. The Morgan fingerprint density at radius 3 is 2.69 bits per heavy atom. The van der Waals surface area contributed by atoms with Crippen LogP contribution in [0.3, 0.4) is 0 Å². The maximum absolute atomic E-state index is 12.1. The van der Waals surface area contributed by atoms with E-state index < -0.39 is 0 Å². The molecule has 0 bridgehead atoms. The van der Waals surface area contributed by atoms with E-state index in [1.54, 1.807) is 11.3 Å². The summed E-state index contributed by atoms with van der Waals surface area (Å²) in [4.78, 5) is 18.2. The molecule has 1 aliphatic rings. The fraction of sp³-hybridized carbons (Fsp3) is 0.700. The molecule has 1 aromatic heterocycles. The van der Waals surface area contributed by atoms with Crippen molar-refractivity contribution in [3.05, 3.63) is 22.4 Å². The van der Waals surface area contributed by atoms with Crippen LogP contribution in [0.2, 0.25) is 0 Å². The molecule has 5 nitrogen and oxygen atoms in total. The lowest BCUT2D eigenvalue weighted by Gasteiger charge is -2.23. The molecule has 2 rings (SSSR count). The third-order valence-electron chi connectivity index (χ3n) is 4.78. The fourth-order valence-electron chi connectivity index (χ4n) is 3.20. The van der Waals surface area contributed by atoms with Crippen LogP contribution < -0.4 is 16.0 Å². The Morgan fingerprint density at radius 2 is 2.04 bits per heavy atom. The molecule has 0 radical (unpaired) electrons. The number of hydrogen-bond acceptors (Lipinski definition) is 3. The quantitative estimate of drug-likeness (QED) is 0.480. The zero-order valence-corrected chi connectivity index (χ0v) is 17.3. The van der Waals surface area contributed by atoms with Gasteiger partial charge in [-0.15, -0.1) is 11.3 Å². The lowest BCUT2D eigenvalue weighted by Crippen LogP contribution is -2.41. The molecule has 0 saturated heterocycles. The highest BCUT2D eigenvalue weighted by Gasteiger charge is 2.21. The van der Waals surface area contributed by atoms with Crippen LogP contribution in [0.4, 0.5) is 0 Å². The number of hydrogen-bond donors (Lipinski definition) is 3. The van der Waals surface area contributed by atoms with Crippen molar-refractivity contribution in [3.8, 4) is 0 Å². The molecular weight excluding hydrogens is 344 g/mol. The van der Waals surface area contributed by atoms with Gasteiger partial charge in [0.15, 0.2) is 5.96 Å². The standard InChI is InChI=1S/C20H34N4OS/c1-4-21-19(23-15-20(2,3)17-11-8-14-26-17)22-13-12-18(25)24-16-9-6-5-7-10-16/h8,11,14,16H,4-7,9-10,12-13,15H2,1-3H3,(H,24,25)(H2,21,22,23). The van der Waals surface area contributed by atoms with Crippen LogP contribution in [0.5, 0.6) is 0 Å². The van der Waals surface area contributed by atoms with E-state index in [1.807, 2.05) is 0 Å². The van der Waals surface area contributed by atoms with Gasteiger partial charge in [0.25, 0.3) is 0 Å². The molecule has 26 heavy (non-hydrogen) atoms. The first kappa shape index (κ1) is 20.7. The molecule has 0 aliphatic heterocycles. The lowest BCUT2D eigenvalue weighted by atomic mass is 9.92. The molecule has 1 aliphatic carbocycles. The average Bonchev–Trinajstić information content (AvgIpc) is 3.16. The Bertz CT molecular complexity index is 562. The molecule has 0 aromatic carbocycles. The number of guanidine groups is 1. The van der Waals surface area contributed by atoms with Gasteiger partial charge in [-0.3, -0.25) is 9.79 Å². The summed E-state index contributed by atoms with van der Waals surface area (Å²) in [5.41, 5.74) is 0.00880. The van der Waals surface area contributed by atoms with E-state index in [0.29, 0.717) is 25.6 Å². The Kier molecular flexibility index (Phi) is 8.42. The lowest BCUT2D eigenvalue weighted by molar-refractivity contribution is -0.121. The average molecular weight is 379 g/mol. The molecule has 3 N–H and O–H groups in total. The highest BCUT2D eigenvalue weighted by atomic mass is 32.1.